The summed E-state index contributed by atoms with van der Waals surface area (Å²) in [5.41, 5.74) is -0.121. The number of amides is 1. The number of halogens is 1. The van der Waals surface area contributed by atoms with Gasteiger partial charge >= 0.3 is 5.97 Å². The number of benzene rings is 1. The van der Waals surface area contributed by atoms with Crippen molar-refractivity contribution in [2.45, 2.75) is 25.9 Å². The van der Waals surface area contributed by atoms with Crippen LogP contribution in [-0.4, -0.2) is 41.1 Å². The third kappa shape index (κ3) is 3.26. The van der Waals surface area contributed by atoms with Crippen LogP contribution in [0.4, 0.5) is 4.39 Å². The van der Waals surface area contributed by atoms with Gasteiger partial charge in [-0.05, 0) is 31.0 Å². The van der Waals surface area contributed by atoms with Crippen LogP contribution in [0.5, 0.6) is 5.75 Å². The monoisotopic (exact) mass is 281 g/mol. The van der Waals surface area contributed by atoms with E-state index in [2.05, 4.69) is 0 Å². The average molecular weight is 281 g/mol. The third-order valence-corrected chi connectivity index (χ3v) is 3.30. The van der Waals surface area contributed by atoms with Crippen molar-refractivity contribution in [2.75, 3.05) is 13.1 Å². The molecule has 5 nitrogen and oxygen atoms in total. The molecule has 1 aliphatic heterocycles. The molecule has 0 saturated carbocycles. The van der Waals surface area contributed by atoms with E-state index in [1.807, 2.05) is 0 Å². The van der Waals surface area contributed by atoms with Crippen molar-refractivity contribution in [1.29, 1.82) is 0 Å². The van der Waals surface area contributed by atoms with Gasteiger partial charge in [0.15, 0.2) is 11.6 Å². The van der Waals surface area contributed by atoms with E-state index >= 15 is 0 Å². The minimum atomic E-state index is -1.18. The van der Waals surface area contributed by atoms with Crippen LogP contribution in [-0.2, 0) is 4.79 Å². The van der Waals surface area contributed by atoms with Crippen LogP contribution in [0.25, 0.3) is 0 Å². The van der Waals surface area contributed by atoms with Crippen molar-refractivity contribution in [1.82, 2.24) is 4.90 Å². The van der Waals surface area contributed by atoms with E-state index in [0.29, 0.717) is 13.1 Å². The van der Waals surface area contributed by atoms with E-state index in [0.717, 1.165) is 18.9 Å². The summed E-state index contributed by atoms with van der Waals surface area (Å²) in [6.45, 7) is 2.61. The largest absolute Gasteiger partial charge is 0.486 e. The molecule has 1 heterocycles. The Labute approximate surface area is 116 Å². The zero-order valence-corrected chi connectivity index (χ0v) is 11.1. The number of hydrogen-bond acceptors (Lipinski definition) is 3. The average Bonchev–Trinajstić information content (AvgIpc) is 2.41. The number of nitrogens with zero attached hydrogens (tertiary/aromatic N) is 1. The van der Waals surface area contributed by atoms with Gasteiger partial charge in [-0.2, -0.15) is 0 Å². The van der Waals surface area contributed by atoms with E-state index in [1.54, 1.807) is 4.90 Å². The first-order valence-corrected chi connectivity index (χ1v) is 6.42. The summed E-state index contributed by atoms with van der Waals surface area (Å²) in [4.78, 5) is 23.7. The lowest BCUT2D eigenvalue weighted by molar-refractivity contribution is -0.131. The van der Waals surface area contributed by atoms with Gasteiger partial charge < -0.3 is 14.7 Å². The number of carboxylic acids is 1. The van der Waals surface area contributed by atoms with Gasteiger partial charge in [0, 0.05) is 13.5 Å². The maximum atomic E-state index is 13.8. The number of carbonyl (C=O) groups is 2. The summed E-state index contributed by atoms with van der Waals surface area (Å²) in [5.74, 6) is -1.90. The molecule has 1 atom stereocenters. The Kier molecular flexibility index (Phi) is 4.22. The summed E-state index contributed by atoms with van der Waals surface area (Å²) >= 11 is 0. The molecule has 0 bridgehead atoms. The number of rotatable bonds is 3. The minimum Gasteiger partial charge on any atom is -0.486 e. The SMILES string of the molecule is CC(=O)N1CCCC(Oc2ccc(C(=O)O)cc2F)C1. The smallest absolute Gasteiger partial charge is 0.335 e. The highest BCUT2D eigenvalue weighted by Gasteiger charge is 2.23. The number of hydrogen-bond donors (Lipinski definition) is 1. The zero-order valence-electron chi connectivity index (χ0n) is 11.1. The van der Waals surface area contributed by atoms with Gasteiger partial charge in [0.1, 0.15) is 6.10 Å². The molecule has 1 fully saturated rings. The molecule has 0 aromatic heterocycles. The van der Waals surface area contributed by atoms with Crippen molar-refractivity contribution >= 4 is 11.9 Å². The molecule has 0 spiro atoms. The second kappa shape index (κ2) is 5.90. The number of ether oxygens (including phenoxy) is 1. The lowest BCUT2D eigenvalue weighted by Crippen LogP contribution is -2.43. The molecule has 1 aromatic rings. The molecule has 1 unspecified atom stereocenters. The molecule has 6 heteroatoms. The number of carbonyl (C=O) groups excluding carboxylic acids is 1. The van der Waals surface area contributed by atoms with E-state index in [-0.39, 0.29) is 23.3 Å². The van der Waals surface area contributed by atoms with Crippen molar-refractivity contribution in [3.05, 3.63) is 29.6 Å². The fourth-order valence-electron chi connectivity index (χ4n) is 2.23. The first-order chi connectivity index (χ1) is 9.47. The summed E-state index contributed by atoms with van der Waals surface area (Å²) in [6, 6.07) is 3.54. The summed E-state index contributed by atoms with van der Waals surface area (Å²) < 4.78 is 19.3. The number of aromatic carboxylic acids is 1. The normalized spacial score (nSPS) is 18.7. The van der Waals surface area contributed by atoms with Crippen LogP contribution in [0.3, 0.4) is 0 Å². The summed E-state index contributed by atoms with van der Waals surface area (Å²) in [7, 11) is 0. The second-order valence-electron chi connectivity index (χ2n) is 4.80. The van der Waals surface area contributed by atoms with Crippen molar-refractivity contribution in [2.24, 2.45) is 0 Å². The molecular formula is C14H16FNO4. The molecule has 2 rings (SSSR count). The van der Waals surface area contributed by atoms with Crippen LogP contribution in [0.2, 0.25) is 0 Å². The van der Waals surface area contributed by atoms with E-state index in [9.17, 15) is 14.0 Å². The Balaban J connectivity index is 2.06. The maximum absolute atomic E-state index is 13.8. The van der Waals surface area contributed by atoms with Gasteiger partial charge in [0.25, 0.3) is 0 Å². The van der Waals surface area contributed by atoms with E-state index in [4.69, 9.17) is 9.84 Å². The van der Waals surface area contributed by atoms with Gasteiger partial charge in [0.2, 0.25) is 5.91 Å². The number of piperidine rings is 1. The van der Waals surface area contributed by atoms with Crippen molar-refractivity contribution in [3.8, 4) is 5.75 Å². The lowest BCUT2D eigenvalue weighted by atomic mass is 10.1. The highest BCUT2D eigenvalue weighted by Crippen LogP contribution is 2.23. The van der Waals surface area contributed by atoms with Gasteiger partial charge in [-0.3, -0.25) is 4.79 Å². The first kappa shape index (κ1) is 14.3. The Hall–Kier alpha value is -2.11. The Morgan fingerprint density at radius 3 is 2.80 bits per heavy atom. The maximum Gasteiger partial charge on any atom is 0.335 e. The molecule has 20 heavy (non-hydrogen) atoms. The van der Waals surface area contributed by atoms with E-state index < -0.39 is 11.8 Å². The van der Waals surface area contributed by atoms with Crippen molar-refractivity contribution < 1.29 is 23.8 Å². The third-order valence-electron chi connectivity index (χ3n) is 3.30. The Morgan fingerprint density at radius 2 is 2.20 bits per heavy atom. The fourth-order valence-corrected chi connectivity index (χ4v) is 2.23. The molecule has 1 aliphatic rings. The lowest BCUT2D eigenvalue weighted by Gasteiger charge is -2.32. The molecule has 1 saturated heterocycles. The molecule has 1 amide bonds. The molecule has 0 aliphatic carbocycles. The first-order valence-electron chi connectivity index (χ1n) is 6.42. The Bertz CT molecular complexity index is 532. The van der Waals surface area contributed by atoms with Crippen LogP contribution >= 0.6 is 0 Å². The van der Waals surface area contributed by atoms with Gasteiger partial charge in [-0.1, -0.05) is 0 Å². The second-order valence-corrected chi connectivity index (χ2v) is 4.80. The standard InChI is InChI=1S/C14H16FNO4/c1-9(17)16-6-2-3-11(8-16)20-13-5-4-10(14(18)19)7-12(13)15/h4-5,7,11H,2-3,6,8H2,1H3,(H,18,19). The zero-order chi connectivity index (χ0) is 14.7. The fraction of sp³-hybridized carbons (Fsp3) is 0.429. The minimum absolute atomic E-state index is 0.0189. The summed E-state index contributed by atoms with van der Waals surface area (Å²) in [5, 5.41) is 8.77. The topological polar surface area (TPSA) is 66.8 Å². The predicted molar refractivity (Wildman–Crippen MR) is 69.3 cm³/mol. The molecule has 1 N–H and O–H groups in total. The quantitative estimate of drug-likeness (QED) is 0.919. The molecule has 0 radical (unpaired) electrons. The van der Waals surface area contributed by atoms with Gasteiger partial charge in [-0.25, -0.2) is 9.18 Å². The van der Waals surface area contributed by atoms with Gasteiger partial charge in [0.05, 0.1) is 12.1 Å². The van der Waals surface area contributed by atoms with Crippen LogP contribution < -0.4 is 4.74 Å². The molecular weight excluding hydrogens is 265 g/mol. The molecule has 1 aromatic carbocycles. The van der Waals surface area contributed by atoms with Crippen LogP contribution in [0.1, 0.15) is 30.1 Å². The van der Waals surface area contributed by atoms with Gasteiger partial charge in [-0.15, -0.1) is 0 Å². The van der Waals surface area contributed by atoms with Crippen LogP contribution in [0.15, 0.2) is 18.2 Å². The number of likely N-dealkylation sites (tertiary alicyclic amines) is 1. The predicted octanol–water partition coefficient (Wildman–Crippen LogP) is 1.91. The highest BCUT2D eigenvalue weighted by atomic mass is 19.1. The van der Waals surface area contributed by atoms with Crippen molar-refractivity contribution in [3.63, 3.8) is 0 Å². The Morgan fingerprint density at radius 1 is 1.45 bits per heavy atom. The summed E-state index contributed by atoms with van der Waals surface area (Å²) in [6.07, 6.45) is 1.28. The highest BCUT2D eigenvalue weighted by molar-refractivity contribution is 5.87. The van der Waals surface area contributed by atoms with Crippen LogP contribution in [0, 0.1) is 5.82 Å². The number of carboxylic acid groups (broad SMARTS) is 1. The molecule has 108 valence electrons. The van der Waals surface area contributed by atoms with E-state index in [1.165, 1.54) is 19.1 Å².